The van der Waals surface area contributed by atoms with Crippen molar-refractivity contribution < 1.29 is 4.42 Å². The van der Waals surface area contributed by atoms with E-state index in [1.54, 1.807) is 6.26 Å². The molecule has 1 saturated carbocycles. The molecule has 0 bridgehead atoms. The number of nitrogens with zero attached hydrogens (tertiary/aromatic N) is 1. The second-order valence-electron chi connectivity index (χ2n) is 4.72. The number of terminal acetylenes is 1. The number of nitrogens with one attached hydrogen (secondary N) is 1. The molecule has 3 heteroatoms. The lowest BCUT2D eigenvalue weighted by molar-refractivity contribution is 0.260. The van der Waals surface area contributed by atoms with E-state index in [4.69, 9.17) is 10.8 Å². The van der Waals surface area contributed by atoms with Crippen LogP contribution in [0.5, 0.6) is 0 Å². The van der Waals surface area contributed by atoms with E-state index in [9.17, 15) is 0 Å². The molecule has 1 aromatic rings. The van der Waals surface area contributed by atoms with E-state index in [0.717, 1.165) is 31.3 Å². The molecule has 1 aliphatic carbocycles. The van der Waals surface area contributed by atoms with Crippen LogP contribution in [0.25, 0.3) is 0 Å². The SMILES string of the molecule is C#CCN(Cc1occc1CNC)CC1CC1. The molecule has 0 radical (unpaired) electrons. The van der Waals surface area contributed by atoms with Crippen LogP contribution in [0.15, 0.2) is 16.7 Å². The minimum Gasteiger partial charge on any atom is -0.468 e. The summed E-state index contributed by atoms with van der Waals surface area (Å²) in [7, 11) is 1.94. The van der Waals surface area contributed by atoms with Crippen molar-refractivity contribution in [2.24, 2.45) is 5.92 Å². The molecular formula is C14H20N2O. The minimum absolute atomic E-state index is 0.705. The standard InChI is InChI=1S/C14H20N2O/c1-3-7-16(10-12-4-5-12)11-14-13(9-15-2)6-8-17-14/h1,6,8,12,15H,4-5,7,9-11H2,2H3. The molecule has 17 heavy (non-hydrogen) atoms. The van der Waals surface area contributed by atoms with Crippen LogP contribution in [0.4, 0.5) is 0 Å². The zero-order valence-corrected chi connectivity index (χ0v) is 10.4. The zero-order valence-electron chi connectivity index (χ0n) is 10.4. The molecule has 1 fully saturated rings. The van der Waals surface area contributed by atoms with E-state index in [1.165, 1.54) is 18.4 Å². The molecule has 1 N–H and O–H groups in total. The zero-order chi connectivity index (χ0) is 12.1. The van der Waals surface area contributed by atoms with Gasteiger partial charge in [-0.2, -0.15) is 0 Å². The van der Waals surface area contributed by atoms with E-state index in [-0.39, 0.29) is 0 Å². The number of hydrogen-bond donors (Lipinski definition) is 1. The molecule has 0 aliphatic heterocycles. The van der Waals surface area contributed by atoms with Gasteiger partial charge in [0.25, 0.3) is 0 Å². The maximum absolute atomic E-state index is 5.55. The first kappa shape index (κ1) is 12.2. The van der Waals surface area contributed by atoms with Crippen LogP contribution in [0.2, 0.25) is 0 Å². The topological polar surface area (TPSA) is 28.4 Å². The van der Waals surface area contributed by atoms with Crippen molar-refractivity contribution in [2.75, 3.05) is 20.1 Å². The smallest absolute Gasteiger partial charge is 0.122 e. The van der Waals surface area contributed by atoms with Gasteiger partial charge in [0.05, 0.1) is 19.4 Å². The first-order valence-corrected chi connectivity index (χ1v) is 6.19. The van der Waals surface area contributed by atoms with E-state index < -0.39 is 0 Å². The second-order valence-corrected chi connectivity index (χ2v) is 4.72. The quantitative estimate of drug-likeness (QED) is 0.727. The highest BCUT2D eigenvalue weighted by Crippen LogP contribution is 2.30. The molecule has 0 unspecified atom stereocenters. The molecule has 1 heterocycles. The fraction of sp³-hybridized carbons (Fsp3) is 0.571. The Labute approximate surface area is 103 Å². The monoisotopic (exact) mass is 232 g/mol. The summed E-state index contributed by atoms with van der Waals surface area (Å²) in [5, 5.41) is 3.15. The van der Waals surface area contributed by atoms with Crippen molar-refractivity contribution in [2.45, 2.75) is 25.9 Å². The molecule has 2 rings (SSSR count). The fourth-order valence-corrected chi connectivity index (χ4v) is 2.04. The van der Waals surface area contributed by atoms with E-state index >= 15 is 0 Å². The average molecular weight is 232 g/mol. The van der Waals surface area contributed by atoms with Crippen molar-refractivity contribution in [3.63, 3.8) is 0 Å². The Bertz CT molecular complexity index is 387. The first-order chi connectivity index (χ1) is 8.33. The van der Waals surface area contributed by atoms with Crippen molar-refractivity contribution in [1.29, 1.82) is 0 Å². The highest BCUT2D eigenvalue weighted by molar-refractivity contribution is 5.17. The molecule has 0 aromatic carbocycles. The summed E-state index contributed by atoms with van der Waals surface area (Å²) < 4.78 is 5.55. The van der Waals surface area contributed by atoms with Crippen LogP contribution in [-0.2, 0) is 13.1 Å². The third-order valence-electron chi connectivity index (χ3n) is 3.10. The molecule has 92 valence electrons. The van der Waals surface area contributed by atoms with Crippen LogP contribution in [-0.4, -0.2) is 25.0 Å². The van der Waals surface area contributed by atoms with Crippen LogP contribution < -0.4 is 5.32 Å². The lowest BCUT2D eigenvalue weighted by Crippen LogP contribution is -2.26. The van der Waals surface area contributed by atoms with Gasteiger partial charge >= 0.3 is 0 Å². The van der Waals surface area contributed by atoms with E-state index in [1.807, 2.05) is 13.1 Å². The Morgan fingerprint density at radius 1 is 1.59 bits per heavy atom. The van der Waals surface area contributed by atoms with Crippen molar-refractivity contribution in [1.82, 2.24) is 10.2 Å². The normalized spacial score (nSPS) is 15.1. The Kier molecular flexibility index (Phi) is 4.24. The second kappa shape index (κ2) is 5.90. The van der Waals surface area contributed by atoms with Gasteiger partial charge in [0.1, 0.15) is 5.76 Å². The minimum atomic E-state index is 0.705. The molecule has 0 atom stereocenters. The highest BCUT2D eigenvalue weighted by Gasteiger charge is 2.24. The molecule has 0 amide bonds. The maximum atomic E-state index is 5.55. The summed E-state index contributed by atoms with van der Waals surface area (Å²) in [4.78, 5) is 2.30. The summed E-state index contributed by atoms with van der Waals surface area (Å²) in [6, 6.07) is 2.02. The van der Waals surface area contributed by atoms with E-state index in [2.05, 4.69) is 16.1 Å². The predicted molar refractivity (Wildman–Crippen MR) is 68.3 cm³/mol. The predicted octanol–water partition coefficient (Wildman–Crippen LogP) is 1.84. The molecule has 0 spiro atoms. The van der Waals surface area contributed by atoms with E-state index in [0.29, 0.717) is 6.54 Å². The number of hydrogen-bond acceptors (Lipinski definition) is 3. The van der Waals surface area contributed by atoms with Crippen LogP contribution >= 0.6 is 0 Å². The summed E-state index contributed by atoms with van der Waals surface area (Å²) >= 11 is 0. The summed E-state index contributed by atoms with van der Waals surface area (Å²) in [5.41, 5.74) is 1.23. The van der Waals surface area contributed by atoms with Crippen molar-refractivity contribution >= 4 is 0 Å². The average Bonchev–Trinajstić information content (AvgIpc) is 3.01. The molecule has 1 aromatic heterocycles. The Morgan fingerprint density at radius 2 is 2.41 bits per heavy atom. The highest BCUT2D eigenvalue weighted by atomic mass is 16.3. The lowest BCUT2D eigenvalue weighted by atomic mass is 10.2. The molecule has 3 nitrogen and oxygen atoms in total. The molecular weight excluding hydrogens is 212 g/mol. The third kappa shape index (κ3) is 3.62. The van der Waals surface area contributed by atoms with Crippen LogP contribution in [0.1, 0.15) is 24.2 Å². The Balaban J connectivity index is 1.95. The van der Waals surface area contributed by atoms with Crippen LogP contribution in [0.3, 0.4) is 0 Å². The van der Waals surface area contributed by atoms with Gasteiger partial charge in [-0.05, 0) is 31.9 Å². The van der Waals surface area contributed by atoms with Gasteiger partial charge in [0.2, 0.25) is 0 Å². The summed E-state index contributed by atoms with van der Waals surface area (Å²) in [6.07, 6.45) is 9.87. The molecule has 1 aliphatic rings. The van der Waals surface area contributed by atoms with Gasteiger partial charge in [-0.3, -0.25) is 4.90 Å². The van der Waals surface area contributed by atoms with Crippen molar-refractivity contribution in [3.05, 3.63) is 23.7 Å². The van der Waals surface area contributed by atoms with Gasteiger partial charge in [-0.25, -0.2) is 0 Å². The summed E-state index contributed by atoms with van der Waals surface area (Å²) in [6.45, 7) is 3.48. The van der Waals surface area contributed by atoms with Gasteiger partial charge in [-0.1, -0.05) is 5.92 Å². The van der Waals surface area contributed by atoms with Gasteiger partial charge < -0.3 is 9.73 Å². The fourth-order valence-electron chi connectivity index (χ4n) is 2.04. The van der Waals surface area contributed by atoms with Gasteiger partial charge in [0, 0.05) is 18.7 Å². The Morgan fingerprint density at radius 3 is 3.06 bits per heavy atom. The first-order valence-electron chi connectivity index (χ1n) is 6.19. The number of furan rings is 1. The Hall–Kier alpha value is -1.24. The summed E-state index contributed by atoms with van der Waals surface area (Å²) in [5.74, 6) is 4.62. The largest absolute Gasteiger partial charge is 0.468 e. The molecule has 0 saturated heterocycles. The maximum Gasteiger partial charge on any atom is 0.122 e. The van der Waals surface area contributed by atoms with Gasteiger partial charge in [0.15, 0.2) is 0 Å². The van der Waals surface area contributed by atoms with Crippen LogP contribution in [0, 0.1) is 18.3 Å². The number of rotatable bonds is 7. The van der Waals surface area contributed by atoms with Crippen molar-refractivity contribution in [3.8, 4) is 12.3 Å². The van der Waals surface area contributed by atoms with Gasteiger partial charge in [-0.15, -0.1) is 6.42 Å². The third-order valence-corrected chi connectivity index (χ3v) is 3.10. The lowest BCUT2D eigenvalue weighted by Gasteiger charge is -2.18.